The van der Waals surface area contributed by atoms with Gasteiger partial charge in [-0.1, -0.05) is 19.3 Å². The van der Waals surface area contributed by atoms with Gasteiger partial charge in [-0.15, -0.1) is 0 Å². The van der Waals surface area contributed by atoms with Crippen molar-refractivity contribution in [2.45, 2.75) is 56.5 Å². The summed E-state index contributed by atoms with van der Waals surface area (Å²) >= 11 is 0. The number of likely N-dealkylation sites (N-methyl/N-ethyl adjacent to an activating group) is 1. The Balaban J connectivity index is 1.87. The molecule has 0 amide bonds. The molecule has 20 heavy (non-hydrogen) atoms. The molecule has 2 fully saturated rings. The van der Waals surface area contributed by atoms with Crippen LogP contribution in [0.3, 0.4) is 0 Å². The Morgan fingerprint density at radius 2 is 1.90 bits per heavy atom. The third kappa shape index (κ3) is 4.09. The molecule has 116 valence electrons. The molecule has 2 rings (SSSR count). The van der Waals surface area contributed by atoms with Crippen LogP contribution < -0.4 is 11.1 Å². The molecule has 1 aliphatic carbocycles. The number of nitrogens with two attached hydrogens (primary N) is 1. The lowest BCUT2D eigenvalue weighted by Gasteiger charge is -2.41. The summed E-state index contributed by atoms with van der Waals surface area (Å²) in [6.45, 7) is 2.40. The molecule has 0 aromatic rings. The van der Waals surface area contributed by atoms with Crippen LogP contribution in [0.1, 0.15) is 44.9 Å². The highest BCUT2D eigenvalue weighted by atomic mass is 16.5. The zero-order chi connectivity index (χ0) is 14.4. The topological polar surface area (TPSA) is 62.9 Å². The van der Waals surface area contributed by atoms with Crippen molar-refractivity contribution in [2.24, 2.45) is 10.7 Å². The van der Waals surface area contributed by atoms with Gasteiger partial charge in [0.05, 0.1) is 6.54 Å². The first-order valence-electron chi connectivity index (χ1n) is 7.94. The van der Waals surface area contributed by atoms with Crippen LogP contribution in [0, 0.1) is 0 Å². The van der Waals surface area contributed by atoms with Crippen molar-refractivity contribution in [1.29, 1.82) is 0 Å². The van der Waals surface area contributed by atoms with Gasteiger partial charge in [0.15, 0.2) is 5.96 Å². The third-order valence-electron chi connectivity index (χ3n) is 4.87. The molecule has 5 nitrogen and oxygen atoms in total. The maximum atomic E-state index is 6.07. The molecule has 3 N–H and O–H groups in total. The van der Waals surface area contributed by atoms with Crippen molar-refractivity contribution >= 4 is 5.96 Å². The van der Waals surface area contributed by atoms with Gasteiger partial charge in [0.1, 0.15) is 0 Å². The lowest BCUT2D eigenvalue weighted by atomic mass is 9.89. The third-order valence-corrected chi connectivity index (χ3v) is 4.87. The van der Waals surface area contributed by atoms with E-state index in [1.807, 2.05) is 0 Å². The predicted molar refractivity (Wildman–Crippen MR) is 83.0 cm³/mol. The molecule has 1 saturated carbocycles. The molecule has 0 bridgehead atoms. The van der Waals surface area contributed by atoms with Gasteiger partial charge in [0.2, 0.25) is 0 Å². The van der Waals surface area contributed by atoms with Gasteiger partial charge in [0, 0.05) is 24.8 Å². The average Bonchev–Trinajstić information content (AvgIpc) is 2.47. The van der Waals surface area contributed by atoms with Gasteiger partial charge < -0.3 is 20.7 Å². The van der Waals surface area contributed by atoms with Crippen molar-refractivity contribution in [3.05, 3.63) is 0 Å². The zero-order valence-corrected chi connectivity index (χ0v) is 13.0. The molecule has 0 aromatic carbocycles. The molecular weight excluding hydrogens is 252 g/mol. The number of nitrogens with one attached hydrogen (secondary N) is 1. The van der Waals surface area contributed by atoms with E-state index in [1.165, 1.54) is 32.1 Å². The Morgan fingerprint density at radius 1 is 1.25 bits per heavy atom. The summed E-state index contributed by atoms with van der Waals surface area (Å²) in [5, 5.41) is 3.39. The normalized spacial score (nSPS) is 24.9. The minimum atomic E-state index is 0.108. The monoisotopic (exact) mass is 282 g/mol. The maximum Gasteiger partial charge on any atom is 0.188 e. The molecule has 0 spiro atoms. The van der Waals surface area contributed by atoms with E-state index in [0.29, 0.717) is 12.0 Å². The van der Waals surface area contributed by atoms with Gasteiger partial charge in [-0.3, -0.25) is 4.99 Å². The molecular formula is C15H30N4O. The van der Waals surface area contributed by atoms with Crippen LogP contribution in [0.4, 0.5) is 0 Å². The van der Waals surface area contributed by atoms with E-state index in [9.17, 15) is 0 Å². The molecule has 1 saturated heterocycles. The van der Waals surface area contributed by atoms with E-state index < -0.39 is 0 Å². The van der Waals surface area contributed by atoms with Gasteiger partial charge in [-0.25, -0.2) is 0 Å². The van der Waals surface area contributed by atoms with E-state index in [2.05, 4.69) is 29.3 Å². The molecule has 0 aromatic heterocycles. The van der Waals surface area contributed by atoms with Crippen LogP contribution in [0.5, 0.6) is 0 Å². The van der Waals surface area contributed by atoms with Crippen LogP contribution in [0.15, 0.2) is 4.99 Å². The quantitative estimate of drug-likeness (QED) is 0.603. The highest BCUT2D eigenvalue weighted by Gasteiger charge is 2.34. The summed E-state index contributed by atoms with van der Waals surface area (Å²) in [6, 6.07) is 0.525. The van der Waals surface area contributed by atoms with Crippen molar-refractivity contribution in [2.75, 3.05) is 33.9 Å². The highest BCUT2D eigenvalue weighted by Crippen LogP contribution is 2.26. The number of hydrogen-bond acceptors (Lipinski definition) is 3. The number of hydrogen-bond donors (Lipinski definition) is 2. The molecule has 0 atom stereocenters. The number of guanidine groups is 1. The SMILES string of the molecule is CN(C)C1(CN=C(N)NC2CCCCC2)CCOCC1. The van der Waals surface area contributed by atoms with E-state index in [0.717, 1.165) is 32.6 Å². The van der Waals surface area contributed by atoms with E-state index in [4.69, 9.17) is 10.5 Å². The first-order chi connectivity index (χ1) is 9.62. The minimum absolute atomic E-state index is 0.108. The van der Waals surface area contributed by atoms with Crippen LogP contribution >= 0.6 is 0 Å². The van der Waals surface area contributed by atoms with E-state index in [1.54, 1.807) is 0 Å². The summed E-state index contributed by atoms with van der Waals surface area (Å²) in [5.74, 6) is 0.615. The van der Waals surface area contributed by atoms with Crippen LogP contribution in [-0.4, -0.2) is 56.3 Å². The smallest absolute Gasteiger partial charge is 0.188 e. The summed E-state index contributed by atoms with van der Waals surface area (Å²) in [6.07, 6.45) is 8.49. The fourth-order valence-corrected chi connectivity index (χ4v) is 3.23. The molecule has 1 heterocycles. The minimum Gasteiger partial charge on any atom is -0.381 e. The molecule has 5 heteroatoms. The standard InChI is InChI=1S/C15H30N4O/c1-19(2)15(8-10-20-11-9-15)12-17-14(16)18-13-6-4-3-5-7-13/h13H,3-12H2,1-2H3,(H3,16,17,18). The summed E-state index contributed by atoms with van der Waals surface area (Å²) in [5.41, 5.74) is 6.18. The Hall–Kier alpha value is -0.810. The number of ether oxygens (including phenoxy) is 1. The van der Waals surface area contributed by atoms with Crippen LogP contribution in [0.25, 0.3) is 0 Å². The second-order valence-corrected chi connectivity index (χ2v) is 6.41. The molecule has 2 aliphatic rings. The fraction of sp³-hybridized carbons (Fsp3) is 0.933. The van der Waals surface area contributed by atoms with E-state index >= 15 is 0 Å². The van der Waals surface area contributed by atoms with Gasteiger partial charge in [0.25, 0.3) is 0 Å². The average molecular weight is 282 g/mol. The first kappa shape index (κ1) is 15.6. The van der Waals surface area contributed by atoms with Crippen molar-refractivity contribution < 1.29 is 4.74 Å². The van der Waals surface area contributed by atoms with Crippen LogP contribution in [0.2, 0.25) is 0 Å². The Morgan fingerprint density at radius 3 is 2.50 bits per heavy atom. The number of rotatable bonds is 4. The lowest BCUT2D eigenvalue weighted by Crippen LogP contribution is -2.52. The summed E-state index contributed by atoms with van der Waals surface area (Å²) in [7, 11) is 4.26. The number of aliphatic imine (C=N–C) groups is 1. The van der Waals surface area contributed by atoms with Gasteiger partial charge >= 0.3 is 0 Å². The molecule has 1 aliphatic heterocycles. The molecule has 0 unspecified atom stereocenters. The zero-order valence-electron chi connectivity index (χ0n) is 13.0. The predicted octanol–water partition coefficient (Wildman–Crippen LogP) is 1.33. The fourth-order valence-electron chi connectivity index (χ4n) is 3.23. The Bertz CT molecular complexity index is 318. The highest BCUT2D eigenvalue weighted by molar-refractivity contribution is 5.78. The van der Waals surface area contributed by atoms with Crippen molar-refractivity contribution in [3.63, 3.8) is 0 Å². The second kappa shape index (κ2) is 7.27. The van der Waals surface area contributed by atoms with Gasteiger partial charge in [-0.2, -0.15) is 0 Å². The lowest BCUT2D eigenvalue weighted by molar-refractivity contribution is -0.00253. The van der Waals surface area contributed by atoms with Crippen LogP contribution in [-0.2, 0) is 4.74 Å². The number of nitrogens with zero attached hydrogens (tertiary/aromatic N) is 2. The Kier molecular flexibility index (Phi) is 5.66. The molecule has 0 radical (unpaired) electrons. The van der Waals surface area contributed by atoms with Gasteiger partial charge in [-0.05, 0) is 39.8 Å². The van der Waals surface area contributed by atoms with E-state index in [-0.39, 0.29) is 5.54 Å². The maximum absolute atomic E-state index is 6.07. The largest absolute Gasteiger partial charge is 0.381 e. The van der Waals surface area contributed by atoms with Crippen molar-refractivity contribution in [1.82, 2.24) is 10.2 Å². The first-order valence-corrected chi connectivity index (χ1v) is 7.94. The Labute approximate surface area is 122 Å². The second-order valence-electron chi connectivity index (χ2n) is 6.41. The van der Waals surface area contributed by atoms with Crippen molar-refractivity contribution in [3.8, 4) is 0 Å². The summed E-state index contributed by atoms with van der Waals surface area (Å²) in [4.78, 5) is 6.91. The summed E-state index contributed by atoms with van der Waals surface area (Å²) < 4.78 is 5.48.